The zero-order valence-electron chi connectivity index (χ0n) is 20.9. The van der Waals surface area contributed by atoms with Crippen LogP contribution in [0.15, 0.2) is 47.4 Å². The van der Waals surface area contributed by atoms with Crippen LogP contribution in [-0.2, 0) is 21.2 Å². The summed E-state index contributed by atoms with van der Waals surface area (Å²) < 4.78 is 34.9. The minimum Gasteiger partial charge on any atom is -0.376 e. The zero-order chi connectivity index (χ0) is 25.3. The van der Waals surface area contributed by atoms with E-state index in [2.05, 4.69) is 13.0 Å². The molecule has 36 heavy (non-hydrogen) atoms. The van der Waals surface area contributed by atoms with Crippen LogP contribution in [-0.4, -0.2) is 55.5 Å². The number of thiazole rings is 1. The first kappa shape index (κ1) is 25.3. The molecule has 0 spiro atoms. The largest absolute Gasteiger partial charge is 0.376 e. The second-order valence-corrected chi connectivity index (χ2v) is 12.5. The number of hydrogen-bond donors (Lipinski definition) is 0. The van der Waals surface area contributed by atoms with Gasteiger partial charge in [-0.05, 0) is 74.9 Å². The van der Waals surface area contributed by atoms with Gasteiger partial charge in [0.2, 0.25) is 10.0 Å². The molecule has 2 aromatic carbocycles. The fourth-order valence-electron chi connectivity index (χ4n) is 5.12. The number of rotatable bonds is 7. The molecule has 9 heteroatoms. The summed E-state index contributed by atoms with van der Waals surface area (Å²) in [6.07, 6.45) is 5.51. The monoisotopic (exact) mass is 527 g/mol. The first-order valence-electron chi connectivity index (χ1n) is 12.8. The maximum Gasteiger partial charge on any atom is 0.260 e. The number of carbonyl (C=O) groups is 1. The van der Waals surface area contributed by atoms with Gasteiger partial charge in [-0.25, -0.2) is 13.4 Å². The highest BCUT2D eigenvalue weighted by atomic mass is 32.2. The number of benzene rings is 2. The van der Waals surface area contributed by atoms with Crippen molar-refractivity contribution >= 4 is 42.6 Å². The van der Waals surface area contributed by atoms with Crippen LogP contribution in [0.5, 0.6) is 0 Å². The van der Waals surface area contributed by atoms with Crippen molar-refractivity contribution < 1.29 is 17.9 Å². The van der Waals surface area contributed by atoms with E-state index in [1.165, 1.54) is 11.3 Å². The van der Waals surface area contributed by atoms with Gasteiger partial charge < -0.3 is 4.74 Å². The van der Waals surface area contributed by atoms with Gasteiger partial charge in [-0.2, -0.15) is 4.31 Å². The van der Waals surface area contributed by atoms with E-state index in [9.17, 15) is 13.2 Å². The number of nitrogens with zero attached hydrogens (tertiary/aromatic N) is 3. The van der Waals surface area contributed by atoms with Gasteiger partial charge in [0.05, 0.1) is 27.8 Å². The van der Waals surface area contributed by atoms with Gasteiger partial charge in [0, 0.05) is 24.8 Å². The number of para-hydroxylation sites is 1. The topological polar surface area (TPSA) is 79.8 Å². The minimum atomic E-state index is -3.59. The standard InChI is InChI=1S/C27H33N3O4S2/c1-3-20-9-6-11-24-25(20)28-27(35-24)29(18-22-10-7-17-34-22)26(31)21-12-14-23(15-13-21)36(32,33)30-16-5-4-8-19(30)2/h6,9,11-15,19,22H,3-5,7-8,10,16-18H2,1-2H3. The number of piperidine rings is 1. The highest BCUT2D eigenvalue weighted by molar-refractivity contribution is 7.89. The van der Waals surface area contributed by atoms with Gasteiger partial charge in [0.15, 0.2) is 5.13 Å². The van der Waals surface area contributed by atoms with Gasteiger partial charge >= 0.3 is 0 Å². The Balaban J connectivity index is 1.45. The summed E-state index contributed by atoms with van der Waals surface area (Å²) in [4.78, 5) is 20.6. The van der Waals surface area contributed by atoms with Gasteiger partial charge in [-0.3, -0.25) is 9.69 Å². The molecule has 2 saturated heterocycles. The summed E-state index contributed by atoms with van der Waals surface area (Å²) in [7, 11) is -3.59. The molecule has 1 aromatic heterocycles. The minimum absolute atomic E-state index is 0.0148. The quantitative estimate of drug-likeness (QED) is 0.419. The van der Waals surface area contributed by atoms with Crippen molar-refractivity contribution in [3.05, 3.63) is 53.6 Å². The maximum atomic E-state index is 13.8. The van der Waals surface area contributed by atoms with E-state index < -0.39 is 10.0 Å². The van der Waals surface area contributed by atoms with E-state index in [0.717, 1.165) is 54.3 Å². The number of carbonyl (C=O) groups excluding carboxylic acids is 1. The third kappa shape index (κ3) is 4.94. The second-order valence-electron chi connectivity index (χ2n) is 9.65. The lowest BCUT2D eigenvalue weighted by atomic mass is 10.1. The van der Waals surface area contributed by atoms with Crippen molar-refractivity contribution in [2.45, 2.75) is 69.4 Å². The van der Waals surface area contributed by atoms with Crippen LogP contribution in [0.3, 0.4) is 0 Å². The van der Waals surface area contributed by atoms with Crippen LogP contribution in [0.25, 0.3) is 10.2 Å². The Kier molecular flexibility index (Phi) is 7.44. The molecule has 2 fully saturated rings. The van der Waals surface area contributed by atoms with Crippen LogP contribution in [0.2, 0.25) is 0 Å². The zero-order valence-corrected chi connectivity index (χ0v) is 22.5. The van der Waals surface area contributed by atoms with Crippen LogP contribution < -0.4 is 4.90 Å². The number of ether oxygens (including phenoxy) is 1. The first-order valence-corrected chi connectivity index (χ1v) is 15.1. The molecule has 0 N–H and O–H groups in total. The summed E-state index contributed by atoms with van der Waals surface area (Å²) in [6.45, 7) is 5.72. The van der Waals surface area contributed by atoms with Crippen LogP contribution in [0.4, 0.5) is 5.13 Å². The van der Waals surface area contributed by atoms with Crippen LogP contribution in [0.1, 0.15) is 61.9 Å². The second kappa shape index (κ2) is 10.6. The molecular weight excluding hydrogens is 494 g/mol. The van der Waals surface area contributed by atoms with E-state index in [1.807, 2.05) is 19.1 Å². The Morgan fingerprint density at radius 2 is 1.94 bits per heavy atom. The molecule has 192 valence electrons. The molecule has 1 amide bonds. The molecule has 0 aliphatic carbocycles. The fraction of sp³-hybridized carbons (Fsp3) is 0.481. The summed E-state index contributed by atoms with van der Waals surface area (Å²) >= 11 is 1.50. The van der Waals surface area contributed by atoms with Crippen molar-refractivity contribution in [2.75, 3.05) is 24.6 Å². The fourth-order valence-corrected chi connectivity index (χ4v) is 7.84. The van der Waals surface area contributed by atoms with Gasteiger partial charge in [-0.1, -0.05) is 36.8 Å². The van der Waals surface area contributed by atoms with Gasteiger partial charge in [0.1, 0.15) is 0 Å². The summed E-state index contributed by atoms with van der Waals surface area (Å²) in [5, 5.41) is 0.644. The summed E-state index contributed by atoms with van der Waals surface area (Å²) in [5.74, 6) is -0.196. The molecule has 3 heterocycles. The molecule has 5 rings (SSSR count). The number of amides is 1. The normalized spacial score (nSPS) is 21.2. The molecule has 2 unspecified atom stereocenters. The lowest BCUT2D eigenvalue weighted by Gasteiger charge is -2.32. The molecule has 3 aromatic rings. The predicted molar refractivity (Wildman–Crippen MR) is 143 cm³/mol. The summed E-state index contributed by atoms with van der Waals surface area (Å²) in [5.41, 5.74) is 2.52. The van der Waals surface area contributed by atoms with Crippen molar-refractivity contribution in [3.63, 3.8) is 0 Å². The molecule has 2 atom stereocenters. The van der Waals surface area contributed by atoms with Crippen LogP contribution >= 0.6 is 11.3 Å². The highest BCUT2D eigenvalue weighted by Crippen LogP contribution is 2.33. The number of fused-ring (bicyclic) bond motifs is 1. The predicted octanol–water partition coefficient (Wildman–Crippen LogP) is 5.25. The average Bonchev–Trinajstić information content (AvgIpc) is 3.57. The van der Waals surface area contributed by atoms with E-state index in [1.54, 1.807) is 33.5 Å². The number of aryl methyl sites for hydroxylation is 1. The third-order valence-electron chi connectivity index (χ3n) is 7.21. The Bertz CT molecular complexity index is 1330. The Morgan fingerprint density at radius 1 is 1.14 bits per heavy atom. The smallest absolute Gasteiger partial charge is 0.260 e. The number of anilines is 1. The van der Waals surface area contributed by atoms with Crippen molar-refractivity contribution in [1.82, 2.24) is 9.29 Å². The Morgan fingerprint density at radius 3 is 2.64 bits per heavy atom. The molecule has 2 aliphatic rings. The Labute approximate surface area is 217 Å². The lowest BCUT2D eigenvalue weighted by Crippen LogP contribution is -2.42. The van der Waals surface area contributed by atoms with Crippen molar-refractivity contribution in [2.24, 2.45) is 0 Å². The number of aromatic nitrogens is 1. The lowest BCUT2D eigenvalue weighted by molar-refractivity contribution is 0.0917. The number of hydrogen-bond acceptors (Lipinski definition) is 6. The SMILES string of the molecule is CCc1cccc2sc(N(CC3CCCO3)C(=O)c3ccc(S(=O)(=O)N4CCCCC4C)cc3)nc12. The molecular formula is C27H33N3O4S2. The van der Waals surface area contributed by atoms with Crippen molar-refractivity contribution in [1.29, 1.82) is 0 Å². The van der Waals surface area contributed by atoms with E-state index in [0.29, 0.717) is 30.4 Å². The summed E-state index contributed by atoms with van der Waals surface area (Å²) in [6, 6.07) is 12.5. The van der Waals surface area contributed by atoms with Crippen LogP contribution in [0, 0.1) is 0 Å². The highest BCUT2D eigenvalue weighted by Gasteiger charge is 2.32. The third-order valence-corrected chi connectivity index (χ3v) is 10.3. The Hall–Kier alpha value is -2.33. The maximum absolute atomic E-state index is 13.8. The number of sulfonamides is 1. The van der Waals surface area contributed by atoms with E-state index in [-0.39, 0.29) is 22.9 Å². The molecule has 2 aliphatic heterocycles. The molecule has 0 saturated carbocycles. The van der Waals surface area contributed by atoms with Gasteiger partial charge in [-0.15, -0.1) is 0 Å². The molecule has 7 nitrogen and oxygen atoms in total. The van der Waals surface area contributed by atoms with E-state index >= 15 is 0 Å². The average molecular weight is 528 g/mol. The van der Waals surface area contributed by atoms with E-state index in [4.69, 9.17) is 9.72 Å². The van der Waals surface area contributed by atoms with Gasteiger partial charge in [0.25, 0.3) is 5.91 Å². The molecule has 0 bridgehead atoms. The molecule has 0 radical (unpaired) electrons. The van der Waals surface area contributed by atoms with Crippen molar-refractivity contribution in [3.8, 4) is 0 Å². The first-order chi connectivity index (χ1) is 17.4.